The van der Waals surface area contributed by atoms with Crippen LogP contribution >= 0.6 is 0 Å². The fourth-order valence-electron chi connectivity index (χ4n) is 5.05. The molecule has 1 heterocycles. The van der Waals surface area contributed by atoms with Gasteiger partial charge in [0.25, 0.3) is 0 Å². The normalized spacial score (nSPS) is 26.3. The van der Waals surface area contributed by atoms with E-state index in [4.69, 9.17) is 23.4 Å². The molecule has 0 spiro atoms. The Hall–Kier alpha value is -1.02. The number of benzene rings is 1. The van der Waals surface area contributed by atoms with Gasteiger partial charge in [-0.1, -0.05) is 71.0 Å². The lowest BCUT2D eigenvalue weighted by Gasteiger charge is -2.57. The van der Waals surface area contributed by atoms with Crippen LogP contribution in [0.25, 0.3) is 0 Å². The van der Waals surface area contributed by atoms with Crippen molar-refractivity contribution in [1.29, 1.82) is 0 Å². The highest BCUT2D eigenvalue weighted by atomic mass is 28.4. The summed E-state index contributed by atoms with van der Waals surface area (Å²) in [4.78, 5) is 0. The van der Waals surface area contributed by atoms with E-state index in [0.717, 1.165) is 36.5 Å². The third-order valence-electron chi connectivity index (χ3n) is 7.41. The second-order valence-corrected chi connectivity index (χ2v) is 14.5. The predicted molar refractivity (Wildman–Crippen MR) is 137 cm³/mol. The first-order valence-corrected chi connectivity index (χ1v) is 15.0. The Morgan fingerprint density at radius 2 is 1.76 bits per heavy atom. The van der Waals surface area contributed by atoms with Gasteiger partial charge in [0.15, 0.2) is 8.32 Å². The van der Waals surface area contributed by atoms with Crippen LogP contribution in [0.5, 0.6) is 0 Å². The van der Waals surface area contributed by atoms with Crippen LogP contribution in [0, 0.1) is 5.41 Å². The molecule has 0 radical (unpaired) electrons. The Bertz CT molecular complexity index is 697. The van der Waals surface area contributed by atoms with Gasteiger partial charge in [-0.3, -0.25) is 0 Å². The molecule has 6 heteroatoms. The van der Waals surface area contributed by atoms with Gasteiger partial charge in [0.05, 0.1) is 25.4 Å². The maximum atomic E-state index is 7.10. The number of methoxy groups -OCH3 is 2. The van der Waals surface area contributed by atoms with E-state index in [2.05, 4.69) is 53.3 Å². The van der Waals surface area contributed by atoms with Crippen molar-refractivity contribution in [3.63, 3.8) is 0 Å². The average molecular weight is 479 g/mol. The van der Waals surface area contributed by atoms with Crippen molar-refractivity contribution in [2.24, 2.45) is 5.41 Å². The molecule has 1 saturated heterocycles. The molecular formula is C27H46O5Si. The molecule has 2 rings (SSSR count). The van der Waals surface area contributed by atoms with Crippen molar-refractivity contribution in [3.05, 3.63) is 48.6 Å². The van der Waals surface area contributed by atoms with E-state index in [0.29, 0.717) is 13.2 Å². The minimum absolute atomic E-state index is 0.0541. The van der Waals surface area contributed by atoms with Crippen molar-refractivity contribution in [3.8, 4) is 0 Å². The van der Waals surface area contributed by atoms with Crippen LogP contribution in [-0.2, 0) is 30.0 Å². The molecule has 1 aliphatic heterocycles. The van der Waals surface area contributed by atoms with Gasteiger partial charge in [-0.2, -0.15) is 0 Å². The van der Waals surface area contributed by atoms with Gasteiger partial charge in [-0.15, -0.1) is 6.58 Å². The number of hydrogen-bond acceptors (Lipinski definition) is 5. The zero-order chi connectivity index (χ0) is 24.5. The smallest absolute Gasteiger partial charge is 0.203 e. The van der Waals surface area contributed by atoms with Crippen molar-refractivity contribution >= 4 is 8.32 Å². The van der Waals surface area contributed by atoms with Crippen LogP contribution in [0.15, 0.2) is 43.0 Å². The fraction of sp³-hybridized carbons (Fsp3) is 0.704. The van der Waals surface area contributed by atoms with E-state index in [1.165, 1.54) is 0 Å². The lowest BCUT2D eigenvalue weighted by atomic mass is 9.76. The van der Waals surface area contributed by atoms with Crippen LogP contribution in [0.1, 0.15) is 53.0 Å². The zero-order valence-corrected chi connectivity index (χ0v) is 22.9. The first-order chi connectivity index (χ1) is 15.8. The topological polar surface area (TPSA) is 46.2 Å². The average Bonchev–Trinajstić information content (AvgIpc) is 2.83. The van der Waals surface area contributed by atoms with Crippen molar-refractivity contribution in [1.82, 2.24) is 0 Å². The summed E-state index contributed by atoms with van der Waals surface area (Å²) < 4.78 is 32.5. The summed E-state index contributed by atoms with van der Waals surface area (Å²) in [6, 6.07) is 13.4. The monoisotopic (exact) mass is 478 g/mol. The standard InChI is InChI=1S/C27H46O5Si/c1-9-16-23-19-24(28-7)25(32-33(10-2,11-3)12-4)27(29-8,31-23)26(5,6)21-30-20-22-17-14-13-15-18-22/h9,13-15,17-18,23-25H,1,10-12,16,19-21H2,2-8H3/t23-,24+,25+,27-/m0/s1. The summed E-state index contributed by atoms with van der Waals surface area (Å²) in [6.07, 6.45) is 2.86. The molecule has 188 valence electrons. The summed E-state index contributed by atoms with van der Waals surface area (Å²) in [5.41, 5.74) is 0.651. The summed E-state index contributed by atoms with van der Waals surface area (Å²) in [7, 11) is 1.52. The maximum Gasteiger partial charge on any atom is 0.203 e. The predicted octanol–water partition coefficient (Wildman–Crippen LogP) is 6.34. The van der Waals surface area contributed by atoms with E-state index in [1.54, 1.807) is 14.2 Å². The summed E-state index contributed by atoms with van der Waals surface area (Å²) in [5.74, 6) is -1.01. The molecule has 0 saturated carbocycles. The molecule has 0 amide bonds. The highest BCUT2D eigenvalue weighted by Crippen LogP contribution is 2.48. The molecule has 0 bridgehead atoms. The summed E-state index contributed by atoms with van der Waals surface area (Å²) in [5, 5.41) is 0. The second-order valence-electron chi connectivity index (χ2n) is 9.79. The minimum atomic E-state index is -1.97. The number of hydrogen-bond donors (Lipinski definition) is 0. The number of ether oxygens (including phenoxy) is 4. The molecule has 0 unspecified atom stereocenters. The van der Waals surface area contributed by atoms with E-state index in [1.807, 2.05) is 24.3 Å². The minimum Gasteiger partial charge on any atom is -0.406 e. The van der Waals surface area contributed by atoms with Crippen molar-refractivity contribution in [2.45, 2.75) is 96.3 Å². The quantitative estimate of drug-likeness (QED) is 0.230. The molecule has 4 atom stereocenters. The zero-order valence-electron chi connectivity index (χ0n) is 21.9. The Kier molecular flexibility index (Phi) is 10.8. The molecule has 0 N–H and O–H groups in total. The Balaban J connectivity index is 2.40. The van der Waals surface area contributed by atoms with Crippen molar-refractivity contribution < 1.29 is 23.4 Å². The third kappa shape index (κ3) is 6.35. The van der Waals surface area contributed by atoms with Gasteiger partial charge in [-0.05, 0) is 30.1 Å². The van der Waals surface area contributed by atoms with Crippen LogP contribution in [0.3, 0.4) is 0 Å². The number of rotatable bonds is 14. The lowest BCUT2D eigenvalue weighted by Crippen LogP contribution is -2.69. The maximum absolute atomic E-state index is 7.10. The molecule has 0 aromatic heterocycles. The van der Waals surface area contributed by atoms with E-state index >= 15 is 0 Å². The van der Waals surface area contributed by atoms with E-state index < -0.39 is 19.5 Å². The van der Waals surface area contributed by atoms with Gasteiger partial charge in [0.2, 0.25) is 5.79 Å². The lowest BCUT2D eigenvalue weighted by molar-refractivity contribution is -0.375. The van der Waals surface area contributed by atoms with Crippen LogP contribution in [-0.4, -0.2) is 53.2 Å². The molecule has 0 aliphatic carbocycles. The Morgan fingerprint density at radius 1 is 1.12 bits per heavy atom. The largest absolute Gasteiger partial charge is 0.406 e. The molecule has 1 aromatic carbocycles. The molecule has 1 aromatic rings. The van der Waals surface area contributed by atoms with Gasteiger partial charge < -0.3 is 23.4 Å². The van der Waals surface area contributed by atoms with Crippen molar-refractivity contribution in [2.75, 3.05) is 20.8 Å². The molecule has 33 heavy (non-hydrogen) atoms. The highest BCUT2D eigenvalue weighted by molar-refractivity contribution is 6.73. The first kappa shape index (κ1) is 28.2. The molecule has 1 fully saturated rings. The van der Waals surface area contributed by atoms with Crippen LogP contribution in [0.4, 0.5) is 0 Å². The molecule has 5 nitrogen and oxygen atoms in total. The van der Waals surface area contributed by atoms with Gasteiger partial charge >= 0.3 is 0 Å². The highest BCUT2D eigenvalue weighted by Gasteiger charge is 2.61. The van der Waals surface area contributed by atoms with E-state index in [9.17, 15) is 0 Å². The van der Waals surface area contributed by atoms with Crippen LogP contribution < -0.4 is 0 Å². The fourth-order valence-corrected chi connectivity index (χ4v) is 7.89. The van der Waals surface area contributed by atoms with Crippen LogP contribution in [0.2, 0.25) is 18.1 Å². The third-order valence-corrected chi connectivity index (χ3v) is 12.0. The summed E-state index contributed by atoms with van der Waals surface area (Å²) >= 11 is 0. The van der Waals surface area contributed by atoms with Gasteiger partial charge in [-0.25, -0.2) is 0 Å². The Morgan fingerprint density at radius 3 is 2.27 bits per heavy atom. The summed E-state index contributed by atoms with van der Waals surface area (Å²) in [6.45, 7) is 16.0. The second kappa shape index (κ2) is 12.6. The Labute approximate surface area is 202 Å². The van der Waals surface area contributed by atoms with Gasteiger partial charge in [0, 0.05) is 26.1 Å². The SMILES string of the molecule is C=CC[C@H]1C[C@@H](OC)[C@@H](O[Si](CC)(CC)CC)[C@@](OC)(C(C)(C)COCc2ccccc2)O1. The van der Waals surface area contributed by atoms with Gasteiger partial charge in [0.1, 0.15) is 6.10 Å². The first-order valence-electron chi connectivity index (χ1n) is 12.4. The molecular weight excluding hydrogens is 432 g/mol. The van der Waals surface area contributed by atoms with E-state index in [-0.39, 0.29) is 18.3 Å². The molecule has 1 aliphatic rings.